The van der Waals surface area contributed by atoms with Crippen molar-refractivity contribution in [2.45, 2.75) is 168 Å². The van der Waals surface area contributed by atoms with Gasteiger partial charge in [0.25, 0.3) is 0 Å². The lowest BCUT2D eigenvalue weighted by molar-refractivity contribution is -0.145. The monoisotopic (exact) mass is 1000 g/mol. The highest BCUT2D eigenvalue weighted by Gasteiger charge is 2.23. The van der Waals surface area contributed by atoms with Gasteiger partial charge in [-0.05, 0) is 211 Å². The molecule has 398 valence electrons. The van der Waals surface area contributed by atoms with Crippen molar-refractivity contribution in [2.75, 3.05) is 39.6 Å². The molecule has 0 heterocycles. The molecule has 2 fully saturated rings. The van der Waals surface area contributed by atoms with Gasteiger partial charge in [-0.2, -0.15) is 0 Å². The molecule has 0 bridgehead atoms. The van der Waals surface area contributed by atoms with E-state index in [-0.39, 0.29) is 23.9 Å². The van der Waals surface area contributed by atoms with Crippen LogP contribution in [0.3, 0.4) is 0 Å². The van der Waals surface area contributed by atoms with Crippen LogP contribution in [0.5, 0.6) is 23.0 Å². The lowest BCUT2D eigenvalue weighted by Crippen LogP contribution is -2.13. The highest BCUT2D eigenvalue weighted by molar-refractivity contribution is 5.91. The first-order valence-corrected chi connectivity index (χ1v) is 27.7. The topological polar surface area (TPSA) is 133 Å². The molecule has 4 aromatic rings. The van der Waals surface area contributed by atoms with Crippen molar-refractivity contribution in [3.05, 3.63) is 119 Å². The SMILES string of the molecule is CCCC1CCC(c2ccc(OC(=O)c3ccc(OCCCCCC(=O)OCC)cc3)cc2)CC1.CCCC1CCC(c2ccc(OC(=O)c3ccc(OCCCCCC(=O)OCCOCC)cc3)cc2)CC1. The molecule has 0 saturated heterocycles. The maximum Gasteiger partial charge on any atom is 0.343 e. The van der Waals surface area contributed by atoms with Crippen LogP contribution >= 0.6 is 0 Å². The Morgan fingerprint density at radius 3 is 1.19 bits per heavy atom. The summed E-state index contributed by atoms with van der Waals surface area (Å²) in [5.41, 5.74) is 3.67. The molecule has 0 atom stereocenters. The summed E-state index contributed by atoms with van der Waals surface area (Å²) < 4.78 is 37.8. The molecule has 0 unspecified atom stereocenters. The van der Waals surface area contributed by atoms with Crippen LogP contribution in [-0.4, -0.2) is 63.5 Å². The van der Waals surface area contributed by atoms with E-state index in [1.54, 1.807) is 48.5 Å². The molecule has 4 aromatic carbocycles. The highest BCUT2D eigenvalue weighted by Crippen LogP contribution is 2.39. The van der Waals surface area contributed by atoms with Gasteiger partial charge in [0, 0.05) is 19.4 Å². The Balaban J connectivity index is 0.000000272. The van der Waals surface area contributed by atoms with E-state index in [1.807, 2.05) is 38.1 Å². The van der Waals surface area contributed by atoms with Crippen LogP contribution in [0.15, 0.2) is 97.1 Å². The number of benzene rings is 4. The molecular weight excluding hydrogens is 921 g/mol. The van der Waals surface area contributed by atoms with E-state index in [2.05, 4.69) is 38.1 Å². The van der Waals surface area contributed by atoms with Gasteiger partial charge in [0.2, 0.25) is 0 Å². The zero-order valence-electron chi connectivity index (χ0n) is 44.4. The molecule has 0 spiro atoms. The normalized spacial score (nSPS) is 17.3. The number of unbranched alkanes of at least 4 members (excludes halogenated alkanes) is 4. The Labute approximate surface area is 436 Å². The number of hydrogen-bond acceptors (Lipinski definition) is 11. The quantitative estimate of drug-likeness (QED) is 0.0292. The predicted octanol–water partition coefficient (Wildman–Crippen LogP) is 15.0. The first kappa shape index (κ1) is 58.2. The molecule has 2 aliphatic carbocycles. The lowest BCUT2D eigenvalue weighted by Gasteiger charge is -2.28. The van der Waals surface area contributed by atoms with Crippen molar-refractivity contribution in [2.24, 2.45) is 11.8 Å². The number of hydrogen-bond donors (Lipinski definition) is 0. The summed E-state index contributed by atoms with van der Waals surface area (Å²) in [7, 11) is 0. The summed E-state index contributed by atoms with van der Waals surface area (Å²) in [6, 6.07) is 30.1. The minimum absolute atomic E-state index is 0.142. The third kappa shape index (κ3) is 22.1. The van der Waals surface area contributed by atoms with Gasteiger partial charge < -0.3 is 33.2 Å². The minimum Gasteiger partial charge on any atom is -0.494 e. The maximum absolute atomic E-state index is 12.6. The molecule has 0 aromatic heterocycles. The van der Waals surface area contributed by atoms with Crippen LogP contribution in [0, 0.1) is 11.8 Å². The van der Waals surface area contributed by atoms with Gasteiger partial charge in [0.1, 0.15) is 29.6 Å². The van der Waals surface area contributed by atoms with Gasteiger partial charge in [-0.1, -0.05) is 63.8 Å². The minimum atomic E-state index is -0.377. The van der Waals surface area contributed by atoms with Gasteiger partial charge >= 0.3 is 23.9 Å². The largest absolute Gasteiger partial charge is 0.494 e. The number of esters is 4. The zero-order chi connectivity index (χ0) is 51.9. The maximum atomic E-state index is 12.6. The number of carbonyl (C=O) groups excluding carboxylic acids is 4. The van der Waals surface area contributed by atoms with Crippen LogP contribution < -0.4 is 18.9 Å². The summed E-state index contributed by atoms with van der Waals surface area (Å²) in [4.78, 5) is 48.1. The smallest absolute Gasteiger partial charge is 0.343 e. The first-order chi connectivity index (χ1) is 35.7. The van der Waals surface area contributed by atoms with E-state index in [1.165, 1.54) is 88.2 Å². The van der Waals surface area contributed by atoms with Crippen LogP contribution in [0.1, 0.15) is 200 Å². The Hall–Kier alpha value is -5.68. The summed E-state index contributed by atoms with van der Waals surface area (Å²) in [5.74, 6) is 4.51. The number of ether oxygens (including phenoxy) is 7. The van der Waals surface area contributed by atoms with E-state index in [0.717, 1.165) is 50.4 Å². The van der Waals surface area contributed by atoms with Crippen molar-refractivity contribution >= 4 is 23.9 Å². The molecule has 11 heteroatoms. The number of carbonyl (C=O) groups is 4. The number of rotatable bonds is 29. The lowest BCUT2D eigenvalue weighted by atomic mass is 9.77. The van der Waals surface area contributed by atoms with Crippen molar-refractivity contribution in [1.29, 1.82) is 0 Å². The molecule has 11 nitrogen and oxygen atoms in total. The fraction of sp³-hybridized carbons (Fsp3) is 0.548. The van der Waals surface area contributed by atoms with Gasteiger partial charge in [-0.25, -0.2) is 9.59 Å². The molecule has 0 radical (unpaired) electrons. The van der Waals surface area contributed by atoms with Gasteiger partial charge in [0.15, 0.2) is 0 Å². The third-order valence-corrected chi connectivity index (χ3v) is 14.0. The van der Waals surface area contributed by atoms with E-state index in [0.29, 0.717) is 98.4 Å². The highest BCUT2D eigenvalue weighted by atomic mass is 16.6. The standard InChI is InChI=1S/C32H44O6.C30H40O5/c1-3-8-25-10-12-26(13-11-25)27-14-20-30(21-15-27)38-32(34)28-16-18-29(19-17-28)36-22-7-5-6-9-31(33)37-24-23-35-4-2;1-3-8-23-10-12-24(13-11-23)25-14-20-28(21-15-25)35-30(32)26-16-18-27(19-17-26)34-22-7-5-6-9-29(31)33-4-2/h14-21,25-26H,3-13,22-24H2,1-2H3;14-21,23-24H,3-13,22H2,1-2H3. The second kappa shape index (κ2) is 33.9. The summed E-state index contributed by atoms with van der Waals surface area (Å²) >= 11 is 0. The third-order valence-electron chi connectivity index (χ3n) is 14.0. The summed E-state index contributed by atoms with van der Waals surface area (Å²) in [5, 5.41) is 0. The molecule has 2 saturated carbocycles. The van der Waals surface area contributed by atoms with Crippen LogP contribution in [0.25, 0.3) is 0 Å². The molecule has 0 amide bonds. The van der Waals surface area contributed by atoms with Crippen molar-refractivity contribution in [3.63, 3.8) is 0 Å². The fourth-order valence-electron chi connectivity index (χ4n) is 9.85. The molecule has 2 aliphatic rings. The predicted molar refractivity (Wildman–Crippen MR) is 287 cm³/mol. The van der Waals surface area contributed by atoms with Crippen molar-refractivity contribution in [1.82, 2.24) is 0 Å². The second-order valence-electron chi connectivity index (χ2n) is 19.5. The Morgan fingerprint density at radius 1 is 0.411 bits per heavy atom. The van der Waals surface area contributed by atoms with Gasteiger partial charge in [-0.15, -0.1) is 0 Å². The van der Waals surface area contributed by atoms with Gasteiger partial charge in [-0.3, -0.25) is 9.59 Å². The molecule has 0 aliphatic heterocycles. The average molecular weight is 1010 g/mol. The Bertz CT molecular complexity index is 2150. The van der Waals surface area contributed by atoms with Gasteiger partial charge in [0.05, 0.1) is 37.6 Å². The van der Waals surface area contributed by atoms with Crippen molar-refractivity contribution < 1.29 is 52.3 Å². The molecule has 0 N–H and O–H groups in total. The molecular formula is C62H84O11. The fourth-order valence-corrected chi connectivity index (χ4v) is 9.85. The van der Waals surface area contributed by atoms with Crippen LogP contribution in [-0.2, 0) is 23.8 Å². The second-order valence-corrected chi connectivity index (χ2v) is 19.5. The van der Waals surface area contributed by atoms with E-state index < -0.39 is 0 Å². The average Bonchev–Trinajstić information content (AvgIpc) is 3.41. The van der Waals surface area contributed by atoms with Crippen LogP contribution in [0.4, 0.5) is 0 Å². The summed E-state index contributed by atoms with van der Waals surface area (Å²) in [6.07, 6.45) is 21.5. The molecule has 73 heavy (non-hydrogen) atoms. The summed E-state index contributed by atoms with van der Waals surface area (Å²) in [6.45, 7) is 11.2. The molecule has 6 rings (SSSR count). The van der Waals surface area contributed by atoms with Crippen LogP contribution in [0.2, 0.25) is 0 Å². The van der Waals surface area contributed by atoms with E-state index >= 15 is 0 Å². The first-order valence-electron chi connectivity index (χ1n) is 27.7. The van der Waals surface area contributed by atoms with E-state index in [4.69, 9.17) is 33.2 Å². The Morgan fingerprint density at radius 2 is 0.808 bits per heavy atom. The van der Waals surface area contributed by atoms with Crippen molar-refractivity contribution in [3.8, 4) is 23.0 Å². The zero-order valence-corrected chi connectivity index (χ0v) is 44.4. The Kier molecular flexibility index (Phi) is 27.1. The van der Waals surface area contributed by atoms with E-state index in [9.17, 15) is 19.2 Å².